The number of alkyl halides is 3. The van der Waals surface area contributed by atoms with Crippen molar-refractivity contribution in [1.29, 1.82) is 0 Å². The van der Waals surface area contributed by atoms with E-state index >= 15 is 0 Å². The summed E-state index contributed by atoms with van der Waals surface area (Å²) in [6, 6.07) is 6.36. The molecule has 0 saturated carbocycles. The third-order valence-corrected chi connectivity index (χ3v) is 4.00. The number of methoxy groups -OCH3 is 1. The molecule has 2 aromatic rings. The summed E-state index contributed by atoms with van der Waals surface area (Å²) in [5.74, 6) is -0.948. The lowest BCUT2D eigenvalue weighted by Gasteiger charge is -2.15. The monoisotopic (exact) mass is 465 g/mol. The van der Waals surface area contributed by atoms with Crippen molar-refractivity contribution in [3.05, 3.63) is 52.3 Å². The maximum Gasteiger partial charge on any atom is 0.416 e. The highest BCUT2D eigenvalue weighted by Gasteiger charge is 2.31. The number of carbonyl (C=O) groups is 1. The molecule has 0 aliphatic carbocycles. The van der Waals surface area contributed by atoms with Crippen LogP contribution in [-0.2, 0) is 15.7 Å². The van der Waals surface area contributed by atoms with Crippen LogP contribution in [0.25, 0.3) is 0 Å². The van der Waals surface area contributed by atoms with Gasteiger partial charge in [-0.2, -0.15) is 13.2 Å². The molecule has 0 atom stereocenters. The zero-order valence-corrected chi connectivity index (χ0v) is 16.2. The van der Waals surface area contributed by atoms with Crippen LogP contribution in [0.5, 0.6) is 11.5 Å². The smallest absolute Gasteiger partial charge is 0.416 e. The average Bonchev–Trinajstić information content (AvgIpc) is 2.61. The standard InChI is InChI=1S/C18H16BrF4NO4/c1-26-6-7-27-16-4-2-11(18(21,22)23)8-14(16)24-17(25)10-28-15-5-3-12(20)9-13(15)19/h2-5,8-9H,6-7,10H2,1H3,(H,24,25). The van der Waals surface area contributed by atoms with Gasteiger partial charge in [-0.25, -0.2) is 4.39 Å². The number of benzene rings is 2. The quantitative estimate of drug-likeness (QED) is 0.455. The van der Waals surface area contributed by atoms with E-state index < -0.39 is 30.1 Å². The van der Waals surface area contributed by atoms with Gasteiger partial charge < -0.3 is 19.5 Å². The molecule has 152 valence electrons. The van der Waals surface area contributed by atoms with Crippen molar-refractivity contribution < 1.29 is 36.6 Å². The Morgan fingerprint density at radius 3 is 2.43 bits per heavy atom. The van der Waals surface area contributed by atoms with E-state index in [0.717, 1.165) is 30.3 Å². The number of amides is 1. The van der Waals surface area contributed by atoms with Crippen LogP contribution in [0.2, 0.25) is 0 Å². The molecule has 1 amide bonds. The van der Waals surface area contributed by atoms with Gasteiger partial charge in [-0.1, -0.05) is 0 Å². The van der Waals surface area contributed by atoms with Crippen molar-refractivity contribution in [2.24, 2.45) is 0 Å². The van der Waals surface area contributed by atoms with Crippen LogP contribution < -0.4 is 14.8 Å². The number of ether oxygens (including phenoxy) is 3. The molecule has 0 aliphatic heterocycles. The Morgan fingerprint density at radius 2 is 1.79 bits per heavy atom. The van der Waals surface area contributed by atoms with Gasteiger partial charge in [0.2, 0.25) is 0 Å². The second-order valence-electron chi connectivity index (χ2n) is 5.46. The van der Waals surface area contributed by atoms with Gasteiger partial charge in [-0.05, 0) is 52.3 Å². The van der Waals surface area contributed by atoms with E-state index in [0.29, 0.717) is 4.47 Å². The largest absolute Gasteiger partial charge is 0.489 e. The highest BCUT2D eigenvalue weighted by atomic mass is 79.9. The second-order valence-corrected chi connectivity index (χ2v) is 6.32. The lowest BCUT2D eigenvalue weighted by Crippen LogP contribution is -2.21. The second kappa shape index (κ2) is 9.74. The summed E-state index contributed by atoms with van der Waals surface area (Å²) < 4.78 is 67.6. The summed E-state index contributed by atoms with van der Waals surface area (Å²) in [5.41, 5.74) is -1.10. The number of rotatable bonds is 8. The number of nitrogens with one attached hydrogen (secondary N) is 1. The van der Waals surface area contributed by atoms with Crippen LogP contribution in [0, 0.1) is 5.82 Å². The van der Waals surface area contributed by atoms with E-state index in [-0.39, 0.29) is 30.4 Å². The first-order chi connectivity index (χ1) is 13.2. The SMILES string of the molecule is COCCOc1ccc(C(F)(F)F)cc1NC(=O)COc1ccc(F)cc1Br. The molecule has 2 rings (SSSR count). The van der Waals surface area contributed by atoms with E-state index in [1.165, 1.54) is 13.2 Å². The molecule has 0 saturated heterocycles. The van der Waals surface area contributed by atoms with Crippen LogP contribution in [0.15, 0.2) is 40.9 Å². The van der Waals surface area contributed by atoms with Crippen molar-refractivity contribution in [2.75, 3.05) is 32.2 Å². The molecule has 2 aromatic carbocycles. The minimum Gasteiger partial charge on any atom is -0.489 e. The third-order valence-electron chi connectivity index (χ3n) is 3.38. The minimum atomic E-state index is -4.58. The first-order valence-electron chi connectivity index (χ1n) is 7.91. The third kappa shape index (κ3) is 6.38. The predicted octanol–water partition coefficient (Wildman–Crippen LogP) is 4.65. The van der Waals surface area contributed by atoms with E-state index in [2.05, 4.69) is 21.2 Å². The lowest BCUT2D eigenvalue weighted by atomic mass is 10.1. The van der Waals surface area contributed by atoms with Gasteiger partial charge >= 0.3 is 6.18 Å². The number of carbonyl (C=O) groups excluding carboxylic acids is 1. The zero-order valence-electron chi connectivity index (χ0n) is 14.6. The number of anilines is 1. The lowest BCUT2D eigenvalue weighted by molar-refractivity contribution is -0.137. The zero-order chi connectivity index (χ0) is 20.7. The summed E-state index contributed by atoms with van der Waals surface area (Å²) in [6.07, 6.45) is -4.58. The van der Waals surface area contributed by atoms with E-state index in [4.69, 9.17) is 14.2 Å². The Hall–Kier alpha value is -2.33. The average molecular weight is 466 g/mol. The van der Waals surface area contributed by atoms with Crippen LogP contribution in [0.1, 0.15) is 5.56 Å². The molecule has 5 nitrogen and oxygen atoms in total. The van der Waals surface area contributed by atoms with Crippen molar-refractivity contribution in [1.82, 2.24) is 0 Å². The Labute approximate surface area is 166 Å². The summed E-state index contributed by atoms with van der Waals surface area (Å²) in [7, 11) is 1.45. The first-order valence-corrected chi connectivity index (χ1v) is 8.70. The highest BCUT2D eigenvalue weighted by molar-refractivity contribution is 9.10. The number of hydrogen-bond donors (Lipinski definition) is 1. The number of halogens is 5. The van der Waals surface area contributed by atoms with Crippen molar-refractivity contribution >= 4 is 27.5 Å². The molecule has 0 aromatic heterocycles. The van der Waals surface area contributed by atoms with Gasteiger partial charge in [0, 0.05) is 7.11 Å². The van der Waals surface area contributed by atoms with Crippen LogP contribution in [0.4, 0.5) is 23.2 Å². The molecule has 0 spiro atoms. The van der Waals surface area contributed by atoms with Gasteiger partial charge in [0.25, 0.3) is 5.91 Å². The maximum absolute atomic E-state index is 13.1. The Morgan fingerprint density at radius 1 is 1.07 bits per heavy atom. The van der Waals surface area contributed by atoms with Gasteiger partial charge in [-0.15, -0.1) is 0 Å². The molecule has 0 heterocycles. The molecule has 0 unspecified atom stereocenters. The van der Waals surface area contributed by atoms with Crippen molar-refractivity contribution in [3.63, 3.8) is 0 Å². The van der Waals surface area contributed by atoms with Crippen LogP contribution in [-0.4, -0.2) is 32.8 Å². The molecule has 28 heavy (non-hydrogen) atoms. The molecule has 10 heteroatoms. The fourth-order valence-electron chi connectivity index (χ4n) is 2.09. The van der Waals surface area contributed by atoms with E-state index in [1.807, 2.05) is 0 Å². The summed E-state index contributed by atoms with van der Waals surface area (Å²) in [6.45, 7) is -0.197. The normalized spacial score (nSPS) is 11.2. The number of hydrogen-bond acceptors (Lipinski definition) is 4. The van der Waals surface area contributed by atoms with Gasteiger partial charge in [0.15, 0.2) is 6.61 Å². The molecular weight excluding hydrogens is 450 g/mol. The van der Waals surface area contributed by atoms with Crippen LogP contribution in [0.3, 0.4) is 0 Å². The Kier molecular flexibility index (Phi) is 7.64. The van der Waals surface area contributed by atoms with Gasteiger partial charge in [0.1, 0.15) is 23.9 Å². The van der Waals surface area contributed by atoms with E-state index in [1.54, 1.807) is 0 Å². The molecule has 0 radical (unpaired) electrons. The van der Waals surface area contributed by atoms with E-state index in [9.17, 15) is 22.4 Å². The maximum atomic E-state index is 13.1. The molecular formula is C18H16BrF4NO4. The topological polar surface area (TPSA) is 56.8 Å². The molecule has 0 bridgehead atoms. The van der Waals surface area contributed by atoms with Crippen LogP contribution >= 0.6 is 15.9 Å². The fraction of sp³-hybridized carbons (Fsp3) is 0.278. The fourth-order valence-corrected chi connectivity index (χ4v) is 2.55. The van der Waals surface area contributed by atoms with Gasteiger partial charge in [-0.3, -0.25) is 4.79 Å². The van der Waals surface area contributed by atoms with Crippen molar-refractivity contribution in [3.8, 4) is 11.5 Å². The predicted molar refractivity (Wildman–Crippen MR) is 97.0 cm³/mol. The summed E-state index contributed by atoms with van der Waals surface area (Å²) in [4.78, 5) is 12.1. The Bertz CT molecular complexity index is 830. The highest BCUT2D eigenvalue weighted by Crippen LogP contribution is 2.35. The molecule has 0 fully saturated rings. The summed E-state index contributed by atoms with van der Waals surface area (Å²) >= 11 is 3.09. The Balaban J connectivity index is 2.11. The molecule has 0 aliphatic rings. The minimum absolute atomic E-state index is 0.0568. The summed E-state index contributed by atoms with van der Waals surface area (Å²) in [5, 5.41) is 2.33. The molecule has 1 N–H and O–H groups in total. The van der Waals surface area contributed by atoms with Crippen molar-refractivity contribution in [2.45, 2.75) is 6.18 Å². The van der Waals surface area contributed by atoms with Gasteiger partial charge in [0.05, 0.1) is 22.3 Å². The first kappa shape index (κ1) is 22.0.